The summed E-state index contributed by atoms with van der Waals surface area (Å²) >= 11 is 1.74. The van der Waals surface area contributed by atoms with Crippen molar-refractivity contribution < 1.29 is 0 Å². The third-order valence-corrected chi connectivity index (χ3v) is 3.45. The molecule has 0 aliphatic heterocycles. The highest BCUT2D eigenvalue weighted by Crippen LogP contribution is 2.27. The van der Waals surface area contributed by atoms with E-state index in [4.69, 9.17) is 0 Å². The summed E-state index contributed by atoms with van der Waals surface area (Å²) in [7, 11) is 1.95. The van der Waals surface area contributed by atoms with Crippen LogP contribution < -0.4 is 5.32 Å². The third-order valence-electron chi connectivity index (χ3n) is 2.42. The third kappa shape index (κ3) is 2.28. The molecule has 0 radical (unpaired) electrons. The van der Waals surface area contributed by atoms with Crippen LogP contribution in [0.25, 0.3) is 10.6 Å². The first-order valence-corrected chi connectivity index (χ1v) is 6.19. The number of hydrogen-bond acceptors (Lipinski definition) is 4. The Bertz CT molecular complexity index is 465. The maximum Gasteiger partial charge on any atom is 0.123 e. The van der Waals surface area contributed by atoms with Crippen molar-refractivity contribution in [2.75, 3.05) is 7.05 Å². The highest BCUT2D eigenvalue weighted by Gasteiger charge is 2.07. The van der Waals surface area contributed by atoms with E-state index < -0.39 is 0 Å². The van der Waals surface area contributed by atoms with Gasteiger partial charge < -0.3 is 5.32 Å². The smallest absolute Gasteiger partial charge is 0.123 e. The molecular formula is C12H15N3S. The average molecular weight is 233 g/mol. The van der Waals surface area contributed by atoms with Crippen LogP contribution in [0, 0.1) is 0 Å². The zero-order chi connectivity index (χ0) is 11.4. The Labute approximate surface area is 99.6 Å². The monoisotopic (exact) mass is 233 g/mol. The maximum atomic E-state index is 4.46. The highest BCUT2D eigenvalue weighted by molar-refractivity contribution is 7.15. The molecule has 2 heterocycles. The summed E-state index contributed by atoms with van der Waals surface area (Å²) in [6.45, 7) is 3.02. The SMILES string of the molecule is CCc1cnccc1-c1ncc(CNC)s1. The minimum Gasteiger partial charge on any atom is -0.315 e. The van der Waals surface area contributed by atoms with E-state index in [9.17, 15) is 0 Å². The fourth-order valence-corrected chi connectivity index (χ4v) is 2.59. The first-order chi connectivity index (χ1) is 7.85. The summed E-state index contributed by atoms with van der Waals surface area (Å²) in [5.41, 5.74) is 2.47. The second-order valence-electron chi connectivity index (χ2n) is 3.55. The van der Waals surface area contributed by atoms with Gasteiger partial charge in [-0.05, 0) is 25.1 Å². The molecule has 0 atom stereocenters. The van der Waals surface area contributed by atoms with Crippen molar-refractivity contribution in [1.82, 2.24) is 15.3 Å². The van der Waals surface area contributed by atoms with Crippen LogP contribution in [0.3, 0.4) is 0 Å². The van der Waals surface area contributed by atoms with E-state index in [-0.39, 0.29) is 0 Å². The molecule has 0 saturated heterocycles. The van der Waals surface area contributed by atoms with E-state index in [1.165, 1.54) is 16.0 Å². The lowest BCUT2D eigenvalue weighted by atomic mass is 10.1. The van der Waals surface area contributed by atoms with E-state index in [0.717, 1.165) is 18.0 Å². The average Bonchev–Trinajstić information content (AvgIpc) is 2.78. The van der Waals surface area contributed by atoms with Crippen LogP contribution in [0.5, 0.6) is 0 Å². The number of nitrogens with zero attached hydrogens (tertiary/aromatic N) is 2. The summed E-state index contributed by atoms with van der Waals surface area (Å²) < 4.78 is 0. The van der Waals surface area contributed by atoms with Crippen LogP contribution in [-0.2, 0) is 13.0 Å². The second kappa shape index (κ2) is 5.18. The lowest BCUT2D eigenvalue weighted by Gasteiger charge is -2.02. The predicted molar refractivity (Wildman–Crippen MR) is 67.5 cm³/mol. The van der Waals surface area contributed by atoms with Gasteiger partial charge in [-0.1, -0.05) is 6.92 Å². The quantitative estimate of drug-likeness (QED) is 0.881. The number of rotatable bonds is 4. The van der Waals surface area contributed by atoms with Gasteiger partial charge in [0, 0.05) is 35.6 Å². The Balaban J connectivity index is 2.34. The van der Waals surface area contributed by atoms with Crippen molar-refractivity contribution in [3.8, 4) is 10.6 Å². The van der Waals surface area contributed by atoms with Crippen molar-refractivity contribution in [2.45, 2.75) is 19.9 Å². The zero-order valence-electron chi connectivity index (χ0n) is 9.53. The van der Waals surface area contributed by atoms with E-state index >= 15 is 0 Å². The van der Waals surface area contributed by atoms with E-state index in [2.05, 4.69) is 22.2 Å². The van der Waals surface area contributed by atoms with E-state index in [0.29, 0.717) is 0 Å². The van der Waals surface area contributed by atoms with E-state index in [1.54, 1.807) is 11.3 Å². The van der Waals surface area contributed by atoms with Crippen LogP contribution in [0.15, 0.2) is 24.7 Å². The lowest BCUT2D eigenvalue weighted by molar-refractivity contribution is 0.829. The maximum absolute atomic E-state index is 4.46. The fourth-order valence-electron chi connectivity index (χ4n) is 1.61. The first-order valence-electron chi connectivity index (χ1n) is 5.37. The van der Waals surface area contributed by atoms with Gasteiger partial charge in [-0.2, -0.15) is 0 Å². The van der Waals surface area contributed by atoms with Crippen molar-refractivity contribution in [2.24, 2.45) is 0 Å². The lowest BCUT2D eigenvalue weighted by Crippen LogP contribution is -2.02. The van der Waals surface area contributed by atoms with Crippen molar-refractivity contribution in [3.05, 3.63) is 35.1 Å². The zero-order valence-corrected chi connectivity index (χ0v) is 10.3. The van der Waals surface area contributed by atoms with E-state index in [1.807, 2.05) is 31.7 Å². The van der Waals surface area contributed by atoms with Crippen molar-refractivity contribution in [1.29, 1.82) is 0 Å². The van der Waals surface area contributed by atoms with Crippen LogP contribution >= 0.6 is 11.3 Å². The number of aromatic nitrogens is 2. The first kappa shape index (κ1) is 11.2. The number of thiazole rings is 1. The molecule has 0 unspecified atom stereocenters. The molecule has 2 aromatic heterocycles. The van der Waals surface area contributed by atoms with Gasteiger partial charge in [-0.25, -0.2) is 4.98 Å². The van der Waals surface area contributed by atoms with Crippen molar-refractivity contribution in [3.63, 3.8) is 0 Å². The summed E-state index contributed by atoms with van der Waals surface area (Å²) in [5.74, 6) is 0. The summed E-state index contributed by atoms with van der Waals surface area (Å²) in [6.07, 6.45) is 6.68. The van der Waals surface area contributed by atoms with Gasteiger partial charge in [0.1, 0.15) is 5.01 Å². The van der Waals surface area contributed by atoms with Gasteiger partial charge in [0.15, 0.2) is 0 Å². The Morgan fingerprint density at radius 1 is 1.38 bits per heavy atom. The van der Waals surface area contributed by atoms with Gasteiger partial charge in [-0.3, -0.25) is 4.98 Å². The Morgan fingerprint density at radius 2 is 2.25 bits per heavy atom. The molecule has 0 spiro atoms. The van der Waals surface area contributed by atoms with Gasteiger partial charge in [0.05, 0.1) is 0 Å². The molecule has 2 rings (SSSR count). The second-order valence-corrected chi connectivity index (χ2v) is 4.66. The number of nitrogens with one attached hydrogen (secondary N) is 1. The summed E-state index contributed by atoms with van der Waals surface area (Å²) in [5, 5.41) is 4.22. The molecule has 2 aromatic rings. The number of aryl methyl sites for hydroxylation is 1. The molecule has 0 aliphatic rings. The van der Waals surface area contributed by atoms with Crippen LogP contribution in [-0.4, -0.2) is 17.0 Å². The molecule has 0 bridgehead atoms. The standard InChI is InChI=1S/C12H15N3S/c1-3-9-6-14-5-4-11(9)12-15-8-10(16-12)7-13-2/h4-6,8,13H,3,7H2,1-2H3. The van der Waals surface area contributed by atoms with Gasteiger partial charge >= 0.3 is 0 Å². The molecule has 3 nitrogen and oxygen atoms in total. The molecular weight excluding hydrogens is 218 g/mol. The normalized spacial score (nSPS) is 10.6. The minimum absolute atomic E-state index is 0.879. The van der Waals surface area contributed by atoms with Crippen LogP contribution in [0.4, 0.5) is 0 Å². The molecule has 84 valence electrons. The number of hydrogen-bond donors (Lipinski definition) is 1. The van der Waals surface area contributed by atoms with Gasteiger partial charge in [0.25, 0.3) is 0 Å². The Kier molecular flexibility index (Phi) is 3.64. The van der Waals surface area contributed by atoms with Crippen LogP contribution in [0.1, 0.15) is 17.4 Å². The molecule has 16 heavy (non-hydrogen) atoms. The number of pyridine rings is 1. The Morgan fingerprint density at radius 3 is 3.00 bits per heavy atom. The van der Waals surface area contributed by atoms with Crippen molar-refractivity contribution >= 4 is 11.3 Å². The minimum atomic E-state index is 0.879. The molecule has 0 fully saturated rings. The van der Waals surface area contributed by atoms with Gasteiger partial charge in [-0.15, -0.1) is 11.3 Å². The Hall–Kier alpha value is -1.26. The summed E-state index contributed by atoms with van der Waals surface area (Å²) in [6, 6.07) is 2.04. The summed E-state index contributed by atoms with van der Waals surface area (Å²) in [4.78, 5) is 9.87. The molecule has 0 aromatic carbocycles. The topological polar surface area (TPSA) is 37.8 Å². The predicted octanol–water partition coefficient (Wildman–Crippen LogP) is 2.49. The molecule has 0 amide bonds. The van der Waals surface area contributed by atoms with Gasteiger partial charge in [0.2, 0.25) is 0 Å². The largest absolute Gasteiger partial charge is 0.315 e. The molecule has 0 aliphatic carbocycles. The molecule has 4 heteroatoms. The van der Waals surface area contributed by atoms with Crippen LogP contribution in [0.2, 0.25) is 0 Å². The molecule has 1 N–H and O–H groups in total. The highest BCUT2D eigenvalue weighted by atomic mass is 32.1. The fraction of sp³-hybridized carbons (Fsp3) is 0.333. The molecule has 0 saturated carbocycles.